The first-order valence-electron chi connectivity index (χ1n) is 21.0. The average molecular weight is 814 g/mol. The zero-order valence-corrected chi connectivity index (χ0v) is 36.3. The van der Waals surface area contributed by atoms with Gasteiger partial charge in [-0.15, -0.1) is 0 Å². The van der Waals surface area contributed by atoms with E-state index in [1.807, 2.05) is 85.7 Å². The highest BCUT2D eigenvalue weighted by molar-refractivity contribution is 5.97. The molecular formula is C43H71N7O8. The first kappa shape index (κ1) is 49.6. The zero-order valence-electron chi connectivity index (χ0n) is 36.3. The first-order chi connectivity index (χ1) is 27.1. The van der Waals surface area contributed by atoms with E-state index < -0.39 is 89.6 Å². The molecule has 0 bridgehead atoms. The standard InChI is InChI=1S/C43H71N7O8/c1-24(2)19-30(44)37(51)45-31(20-25(3)4)38(52)46-32(23-29-15-12-11-13-16-29)39(53)49-36(28(9)10)41(55)47-33(21-26(5)6)42(56)50-18-14-17-35(50)40(54)48-34(43(57)58)22-27(7)8/h11-13,15-16,24-28,30-36H,14,17-23,44H2,1-10H3,(H,45,51)(H,46,52)(H,47,55)(H,48,54)(H,49,53)(H,57,58)/t30-,31-,32-,33-,34-,35-,36-/m0/s1. The van der Waals surface area contributed by atoms with Gasteiger partial charge in [0.15, 0.2) is 0 Å². The molecule has 1 aliphatic rings. The fraction of sp³-hybridized carbons (Fsp3) is 0.698. The summed E-state index contributed by atoms with van der Waals surface area (Å²) in [4.78, 5) is 95.9. The summed E-state index contributed by atoms with van der Waals surface area (Å²) in [5.74, 6) is -4.72. The molecule has 6 amide bonds. The number of hydrogen-bond acceptors (Lipinski definition) is 8. The largest absolute Gasteiger partial charge is 0.480 e. The van der Waals surface area contributed by atoms with Gasteiger partial charge in [-0.1, -0.05) is 99.6 Å². The van der Waals surface area contributed by atoms with Gasteiger partial charge in [-0.25, -0.2) is 4.79 Å². The van der Waals surface area contributed by atoms with E-state index in [4.69, 9.17) is 5.73 Å². The van der Waals surface area contributed by atoms with Crippen LogP contribution in [-0.2, 0) is 40.0 Å². The van der Waals surface area contributed by atoms with Crippen molar-refractivity contribution in [1.29, 1.82) is 0 Å². The maximum atomic E-state index is 14.2. The minimum absolute atomic E-state index is 0.0148. The van der Waals surface area contributed by atoms with Crippen molar-refractivity contribution in [2.45, 2.75) is 156 Å². The van der Waals surface area contributed by atoms with E-state index in [-0.39, 0.29) is 49.5 Å². The second-order valence-corrected chi connectivity index (χ2v) is 17.8. The molecule has 1 aliphatic heterocycles. The molecule has 1 saturated heterocycles. The molecule has 0 saturated carbocycles. The highest BCUT2D eigenvalue weighted by Crippen LogP contribution is 2.22. The third-order valence-corrected chi connectivity index (χ3v) is 10.0. The van der Waals surface area contributed by atoms with Crippen LogP contribution in [0.25, 0.3) is 0 Å². The van der Waals surface area contributed by atoms with Crippen molar-refractivity contribution in [2.24, 2.45) is 35.3 Å². The summed E-state index contributed by atoms with van der Waals surface area (Å²) >= 11 is 0. The topological polar surface area (TPSA) is 229 Å². The van der Waals surface area contributed by atoms with Crippen molar-refractivity contribution < 1.29 is 38.7 Å². The van der Waals surface area contributed by atoms with Crippen LogP contribution in [-0.4, -0.2) is 100 Å². The smallest absolute Gasteiger partial charge is 0.326 e. The van der Waals surface area contributed by atoms with Gasteiger partial charge in [0.05, 0.1) is 6.04 Å². The van der Waals surface area contributed by atoms with Crippen LogP contribution in [0, 0.1) is 29.6 Å². The number of benzene rings is 1. The molecule has 8 N–H and O–H groups in total. The third-order valence-electron chi connectivity index (χ3n) is 10.0. The van der Waals surface area contributed by atoms with Crippen molar-refractivity contribution in [1.82, 2.24) is 31.5 Å². The van der Waals surface area contributed by atoms with Crippen LogP contribution in [0.1, 0.15) is 113 Å². The molecule has 15 heteroatoms. The van der Waals surface area contributed by atoms with Crippen LogP contribution in [0.15, 0.2) is 30.3 Å². The van der Waals surface area contributed by atoms with Crippen LogP contribution in [0.4, 0.5) is 0 Å². The predicted octanol–water partition coefficient (Wildman–Crippen LogP) is 2.90. The molecule has 15 nitrogen and oxygen atoms in total. The Hall–Kier alpha value is -4.53. The number of nitrogens with one attached hydrogen (secondary N) is 5. The van der Waals surface area contributed by atoms with E-state index in [9.17, 15) is 38.7 Å². The Morgan fingerprint density at radius 2 is 1.14 bits per heavy atom. The molecule has 0 aromatic heterocycles. The molecule has 326 valence electrons. The number of aliphatic carboxylic acids is 1. The lowest BCUT2D eigenvalue weighted by atomic mass is 9.98. The second-order valence-electron chi connectivity index (χ2n) is 17.8. The van der Waals surface area contributed by atoms with Gasteiger partial charge >= 0.3 is 5.97 Å². The van der Waals surface area contributed by atoms with Gasteiger partial charge in [-0.05, 0) is 73.7 Å². The second kappa shape index (κ2) is 23.8. The highest BCUT2D eigenvalue weighted by Gasteiger charge is 2.40. The Bertz CT molecular complexity index is 1530. The minimum atomic E-state index is -1.15. The Morgan fingerprint density at radius 3 is 1.67 bits per heavy atom. The fourth-order valence-corrected chi connectivity index (χ4v) is 7.14. The molecule has 1 heterocycles. The molecule has 0 spiro atoms. The van der Waals surface area contributed by atoms with E-state index in [0.717, 1.165) is 5.56 Å². The normalized spacial score (nSPS) is 17.4. The number of likely N-dealkylation sites (tertiary alicyclic amines) is 1. The third kappa shape index (κ3) is 16.4. The van der Waals surface area contributed by atoms with Crippen LogP contribution in [0.2, 0.25) is 0 Å². The summed E-state index contributed by atoms with van der Waals surface area (Å²) in [6.45, 7) is 19.0. The number of amides is 6. The summed E-state index contributed by atoms with van der Waals surface area (Å²) < 4.78 is 0. The molecule has 58 heavy (non-hydrogen) atoms. The molecule has 0 radical (unpaired) electrons. The first-order valence-corrected chi connectivity index (χ1v) is 21.0. The SMILES string of the molecule is CC(C)C[C@H](NC(=O)[C@@H]1CCCN1C(=O)[C@H](CC(C)C)NC(=O)[C@@H](NC(=O)[C@H](Cc1ccccc1)NC(=O)[C@H](CC(C)C)NC(=O)[C@@H](N)CC(C)C)C(C)C)C(=O)O. The zero-order chi connectivity index (χ0) is 43.9. The Kier molecular flexibility index (Phi) is 20.3. The van der Waals surface area contributed by atoms with Crippen molar-refractivity contribution in [3.63, 3.8) is 0 Å². The lowest BCUT2D eigenvalue weighted by Crippen LogP contribution is -2.61. The fourth-order valence-electron chi connectivity index (χ4n) is 7.14. The number of rotatable bonds is 23. The van der Waals surface area contributed by atoms with Gasteiger partial charge < -0.3 is 42.3 Å². The van der Waals surface area contributed by atoms with Gasteiger partial charge in [0.2, 0.25) is 35.4 Å². The van der Waals surface area contributed by atoms with E-state index in [1.54, 1.807) is 13.8 Å². The summed E-state index contributed by atoms with van der Waals surface area (Å²) in [5.41, 5.74) is 6.88. The number of carboxylic acid groups (broad SMARTS) is 1. The highest BCUT2D eigenvalue weighted by atomic mass is 16.4. The molecule has 0 aliphatic carbocycles. The van der Waals surface area contributed by atoms with Crippen molar-refractivity contribution in [2.75, 3.05) is 6.54 Å². The Balaban J connectivity index is 2.34. The lowest BCUT2D eigenvalue weighted by molar-refractivity contribution is -0.145. The van der Waals surface area contributed by atoms with Crippen molar-refractivity contribution >= 4 is 41.4 Å². The molecule has 2 rings (SSSR count). The monoisotopic (exact) mass is 814 g/mol. The van der Waals surface area contributed by atoms with Crippen LogP contribution < -0.4 is 32.3 Å². The average Bonchev–Trinajstić information content (AvgIpc) is 3.62. The summed E-state index contributed by atoms with van der Waals surface area (Å²) in [6.07, 6.45) is 2.17. The van der Waals surface area contributed by atoms with Gasteiger partial charge in [0.1, 0.15) is 36.3 Å². The number of hydrogen-bond donors (Lipinski definition) is 7. The number of nitrogens with zero attached hydrogens (tertiary/aromatic N) is 1. The maximum Gasteiger partial charge on any atom is 0.326 e. The molecule has 7 atom stereocenters. The van der Waals surface area contributed by atoms with Gasteiger partial charge in [0, 0.05) is 13.0 Å². The molecular weight excluding hydrogens is 743 g/mol. The quantitative estimate of drug-likeness (QED) is 0.0861. The number of carboxylic acids is 1. The molecule has 0 unspecified atom stereocenters. The van der Waals surface area contributed by atoms with Crippen molar-refractivity contribution in [3.05, 3.63) is 35.9 Å². The lowest BCUT2D eigenvalue weighted by Gasteiger charge is -2.32. The number of nitrogens with two attached hydrogens (primary N) is 1. The molecule has 1 aromatic rings. The number of carbonyl (C=O) groups excluding carboxylic acids is 6. The Labute approximate surface area is 345 Å². The molecule has 1 aromatic carbocycles. The molecule has 1 fully saturated rings. The van der Waals surface area contributed by atoms with Crippen LogP contribution in [0.5, 0.6) is 0 Å². The van der Waals surface area contributed by atoms with Gasteiger partial charge in [0.25, 0.3) is 0 Å². The minimum Gasteiger partial charge on any atom is -0.480 e. The van der Waals surface area contributed by atoms with Crippen molar-refractivity contribution in [3.8, 4) is 0 Å². The summed E-state index contributed by atoms with van der Waals surface area (Å²) in [6, 6.07) is 2.02. The van der Waals surface area contributed by atoms with Gasteiger partial charge in [-0.3, -0.25) is 28.8 Å². The predicted molar refractivity (Wildman–Crippen MR) is 223 cm³/mol. The maximum absolute atomic E-state index is 14.2. The van der Waals surface area contributed by atoms with Crippen LogP contribution in [0.3, 0.4) is 0 Å². The van der Waals surface area contributed by atoms with Gasteiger partial charge in [-0.2, -0.15) is 0 Å². The van der Waals surface area contributed by atoms with E-state index >= 15 is 0 Å². The van der Waals surface area contributed by atoms with E-state index in [0.29, 0.717) is 25.7 Å². The Morgan fingerprint density at radius 1 is 0.638 bits per heavy atom. The summed E-state index contributed by atoms with van der Waals surface area (Å²) in [5, 5.41) is 23.6. The number of carbonyl (C=O) groups is 7. The summed E-state index contributed by atoms with van der Waals surface area (Å²) in [7, 11) is 0. The van der Waals surface area contributed by atoms with Crippen LogP contribution >= 0.6 is 0 Å². The van der Waals surface area contributed by atoms with E-state index in [1.165, 1.54) is 4.90 Å². The van der Waals surface area contributed by atoms with E-state index in [2.05, 4.69) is 26.6 Å².